The van der Waals surface area contributed by atoms with Gasteiger partial charge < -0.3 is 10.1 Å². The first kappa shape index (κ1) is 16.2. The molecule has 0 aliphatic carbocycles. The summed E-state index contributed by atoms with van der Waals surface area (Å²) < 4.78 is 5.43. The third kappa shape index (κ3) is 3.32. The van der Waals surface area contributed by atoms with Gasteiger partial charge in [0.05, 0.1) is 5.56 Å². The second-order valence-corrected chi connectivity index (χ2v) is 6.16. The molecule has 0 saturated heterocycles. The van der Waals surface area contributed by atoms with Crippen molar-refractivity contribution in [3.63, 3.8) is 0 Å². The highest BCUT2D eigenvalue weighted by atomic mass is 16.5. The van der Waals surface area contributed by atoms with Crippen LogP contribution in [0.5, 0.6) is 0 Å². The number of nitrogens with one attached hydrogen (secondary N) is 1. The highest BCUT2D eigenvalue weighted by Crippen LogP contribution is 2.34. The lowest BCUT2D eigenvalue weighted by atomic mass is 9.99. The van der Waals surface area contributed by atoms with Crippen LogP contribution in [0.25, 0.3) is 0 Å². The zero-order chi connectivity index (χ0) is 17.1. The molecule has 2 aromatic rings. The molecule has 1 aliphatic heterocycles. The fourth-order valence-corrected chi connectivity index (χ4v) is 2.86. The largest absolute Gasteiger partial charge is 0.454 e. The first-order chi connectivity index (χ1) is 11.6. The quantitative estimate of drug-likeness (QED) is 0.815. The Labute approximate surface area is 141 Å². The molecule has 0 aromatic heterocycles. The number of carbonyl (C=O) groups excluding carboxylic acids is 2. The average Bonchev–Trinajstić information content (AvgIpc) is 2.90. The van der Waals surface area contributed by atoms with Gasteiger partial charge in [-0.25, -0.2) is 4.79 Å². The molecule has 1 aliphatic rings. The molecule has 24 heavy (non-hydrogen) atoms. The minimum Gasteiger partial charge on any atom is -0.454 e. The topological polar surface area (TPSA) is 55.4 Å². The summed E-state index contributed by atoms with van der Waals surface area (Å²) in [4.78, 5) is 24.5. The summed E-state index contributed by atoms with van der Waals surface area (Å²) in [5, 5.41) is 2.85. The van der Waals surface area contributed by atoms with E-state index in [0.29, 0.717) is 11.1 Å². The van der Waals surface area contributed by atoms with Crippen LogP contribution < -0.4 is 5.32 Å². The molecular weight excluding hydrogens is 302 g/mol. The highest BCUT2D eigenvalue weighted by molar-refractivity contribution is 6.06. The minimum atomic E-state index is -0.337. The fraction of sp³-hybridized carbons (Fsp3) is 0.300. The zero-order valence-electron chi connectivity index (χ0n) is 14.0. The summed E-state index contributed by atoms with van der Waals surface area (Å²) in [5.41, 5.74) is 3.72. The van der Waals surface area contributed by atoms with Crippen LogP contribution in [0.2, 0.25) is 0 Å². The predicted molar refractivity (Wildman–Crippen MR) is 93.3 cm³/mol. The Morgan fingerprint density at radius 1 is 1.17 bits per heavy atom. The van der Waals surface area contributed by atoms with Crippen molar-refractivity contribution in [2.75, 3.05) is 5.32 Å². The number of hydrogen-bond donors (Lipinski definition) is 1. The van der Waals surface area contributed by atoms with E-state index in [1.807, 2.05) is 37.3 Å². The van der Waals surface area contributed by atoms with E-state index >= 15 is 0 Å². The van der Waals surface area contributed by atoms with E-state index in [4.69, 9.17) is 4.74 Å². The molecular formula is C20H21NO3. The number of rotatable bonds is 5. The Morgan fingerprint density at radius 2 is 1.92 bits per heavy atom. The van der Waals surface area contributed by atoms with Crippen LogP contribution in [0.4, 0.5) is 5.69 Å². The molecule has 3 rings (SSSR count). The molecule has 4 nitrogen and oxygen atoms in total. The monoisotopic (exact) mass is 323 g/mol. The van der Waals surface area contributed by atoms with Gasteiger partial charge in [0.2, 0.25) is 0 Å². The normalized spacial score (nSPS) is 15.8. The van der Waals surface area contributed by atoms with Gasteiger partial charge >= 0.3 is 5.97 Å². The van der Waals surface area contributed by atoms with E-state index in [-0.39, 0.29) is 18.0 Å². The summed E-state index contributed by atoms with van der Waals surface area (Å²) >= 11 is 0. The van der Waals surface area contributed by atoms with E-state index in [9.17, 15) is 9.59 Å². The number of benzene rings is 2. The van der Waals surface area contributed by atoms with E-state index in [0.717, 1.165) is 36.1 Å². The molecule has 1 N–H and O–H groups in total. The molecule has 2 aromatic carbocycles. The minimum absolute atomic E-state index is 0.179. The number of cyclic esters (lactones) is 1. The van der Waals surface area contributed by atoms with Crippen LogP contribution in [-0.2, 0) is 4.74 Å². The number of esters is 1. The maximum atomic E-state index is 12.4. The summed E-state index contributed by atoms with van der Waals surface area (Å²) in [6, 6.07) is 12.8. The highest BCUT2D eigenvalue weighted by Gasteiger charge is 2.31. The molecule has 1 amide bonds. The van der Waals surface area contributed by atoms with Crippen LogP contribution in [0, 0.1) is 6.92 Å². The molecule has 0 bridgehead atoms. The second-order valence-electron chi connectivity index (χ2n) is 6.16. The molecule has 0 fully saturated rings. The Hall–Kier alpha value is -2.62. The lowest BCUT2D eigenvalue weighted by Gasteiger charge is -2.10. The summed E-state index contributed by atoms with van der Waals surface area (Å²) in [6.07, 6.45) is 2.71. The average molecular weight is 323 g/mol. The van der Waals surface area contributed by atoms with Crippen molar-refractivity contribution in [2.45, 2.75) is 39.2 Å². The van der Waals surface area contributed by atoms with Crippen LogP contribution in [0.3, 0.4) is 0 Å². The lowest BCUT2D eigenvalue weighted by molar-refractivity contribution is 0.0364. The van der Waals surface area contributed by atoms with Crippen LogP contribution in [0.15, 0.2) is 42.5 Å². The molecule has 1 unspecified atom stereocenters. The fourth-order valence-electron chi connectivity index (χ4n) is 2.86. The van der Waals surface area contributed by atoms with Gasteiger partial charge in [0.1, 0.15) is 6.10 Å². The molecule has 0 radical (unpaired) electrons. The van der Waals surface area contributed by atoms with Gasteiger partial charge in [0.25, 0.3) is 5.91 Å². The van der Waals surface area contributed by atoms with Crippen molar-refractivity contribution in [1.82, 2.24) is 0 Å². The number of aryl methyl sites for hydroxylation is 1. The third-order valence-electron chi connectivity index (χ3n) is 4.26. The van der Waals surface area contributed by atoms with Gasteiger partial charge in [0, 0.05) is 16.8 Å². The summed E-state index contributed by atoms with van der Waals surface area (Å²) in [7, 11) is 0. The van der Waals surface area contributed by atoms with Gasteiger partial charge in [-0.1, -0.05) is 37.1 Å². The Morgan fingerprint density at radius 3 is 2.62 bits per heavy atom. The van der Waals surface area contributed by atoms with Crippen molar-refractivity contribution in [3.05, 3.63) is 64.7 Å². The maximum absolute atomic E-state index is 12.4. The Bertz CT molecular complexity index is 765. The van der Waals surface area contributed by atoms with Crippen molar-refractivity contribution in [1.29, 1.82) is 0 Å². The van der Waals surface area contributed by atoms with Crippen LogP contribution >= 0.6 is 0 Å². The molecule has 4 heteroatoms. The summed E-state index contributed by atoms with van der Waals surface area (Å²) in [6.45, 7) is 4.10. The van der Waals surface area contributed by atoms with E-state index < -0.39 is 0 Å². The van der Waals surface area contributed by atoms with Gasteiger partial charge in [0.15, 0.2) is 0 Å². The number of anilines is 1. The third-order valence-corrected chi connectivity index (χ3v) is 4.26. The van der Waals surface area contributed by atoms with Gasteiger partial charge in [-0.15, -0.1) is 0 Å². The van der Waals surface area contributed by atoms with E-state index in [1.54, 1.807) is 12.1 Å². The number of hydrogen-bond acceptors (Lipinski definition) is 3. The predicted octanol–water partition coefficient (Wildman–Crippen LogP) is 4.65. The number of ether oxygens (including phenoxy) is 1. The summed E-state index contributed by atoms with van der Waals surface area (Å²) in [5.74, 6) is -0.567. The standard InChI is InChI=1S/C20H21NO3/c1-3-4-5-18-16-11-8-14(12-17(16)20(23)24-18)19(22)21-15-9-6-13(2)7-10-15/h6-12,18H,3-5H2,1-2H3,(H,21,22). The SMILES string of the molecule is CCCCC1OC(=O)c2cc(C(=O)Nc3ccc(C)cc3)ccc21. The number of unbranched alkanes of at least 4 members (excludes halogenated alkanes) is 1. The van der Waals surface area contributed by atoms with Gasteiger partial charge in [-0.05, 0) is 44.0 Å². The zero-order valence-corrected chi connectivity index (χ0v) is 14.0. The van der Waals surface area contributed by atoms with E-state index in [2.05, 4.69) is 12.2 Å². The Balaban J connectivity index is 1.78. The first-order valence-corrected chi connectivity index (χ1v) is 8.31. The number of fused-ring (bicyclic) bond motifs is 1. The van der Waals surface area contributed by atoms with Gasteiger partial charge in [-0.2, -0.15) is 0 Å². The van der Waals surface area contributed by atoms with Crippen LogP contribution in [0.1, 0.15) is 64.1 Å². The van der Waals surface area contributed by atoms with Crippen molar-refractivity contribution < 1.29 is 14.3 Å². The van der Waals surface area contributed by atoms with Crippen molar-refractivity contribution in [3.8, 4) is 0 Å². The molecule has 0 spiro atoms. The molecule has 124 valence electrons. The van der Waals surface area contributed by atoms with Crippen LogP contribution in [-0.4, -0.2) is 11.9 Å². The maximum Gasteiger partial charge on any atom is 0.339 e. The second kappa shape index (κ2) is 6.87. The Kier molecular flexibility index (Phi) is 4.65. The molecule has 1 heterocycles. The van der Waals surface area contributed by atoms with E-state index in [1.165, 1.54) is 0 Å². The molecule has 0 saturated carbocycles. The number of amides is 1. The number of carbonyl (C=O) groups is 2. The first-order valence-electron chi connectivity index (χ1n) is 8.31. The lowest BCUT2D eigenvalue weighted by Crippen LogP contribution is -2.12. The van der Waals surface area contributed by atoms with Crippen molar-refractivity contribution >= 4 is 17.6 Å². The van der Waals surface area contributed by atoms with Crippen molar-refractivity contribution in [2.24, 2.45) is 0 Å². The molecule has 1 atom stereocenters. The van der Waals surface area contributed by atoms with Gasteiger partial charge in [-0.3, -0.25) is 4.79 Å². The smallest absolute Gasteiger partial charge is 0.339 e.